The molecule has 6 nitrogen and oxygen atoms in total. The maximum absolute atomic E-state index is 11.7. The Hall–Kier alpha value is -0.780. The van der Waals surface area contributed by atoms with Crippen LogP contribution in [0.5, 0.6) is 0 Å². The zero-order chi connectivity index (χ0) is 19.8. The van der Waals surface area contributed by atoms with Crippen molar-refractivity contribution in [2.24, 2.45) is 0 Å². The van der Waals surface area contributed by atoms with Crippen LogP contribution in [0.4, 0.5) is 0 Å². The fraction of sp³-hybridized carbons (Fsp3) is 0. The van der Waals surface area contributed by atoms with Crippen LogP contribution in [0.3, 0.4) is 0 Å². The predicted octanol–water partition coefficient (Wildman–Crippen LogP) is -2.45. The largest absolute Gasteiger partial charge is 1.00 e. The topological polar surface area (TPSA) is 114 Å². The predicted molar refractivity (Wildman–Crippen MR) is 104 cm³/mol. The van der Waals surface area contributed by atoms with E-state index in [2.05, 4.69) is 0 Å². The van der Waals surface area contributed by atoms with Crippen molar-refractivity contribution in [2.45, 2.75) is 9.79 Å². The Balaban J connectivity index is 0.00000128. The summed E-state index contributed by atoms with van der Waals surface area (Å²) in [5.74, 6) is 0. The number of benzene rings is 5. The molecule has 5 aromatic rings. The average molecular weight is 456 g/mol. The van der Waals surface area contributed by atoms with E-state index in [0.29, 0.717) is 43.1 Å². The van der Waals surface area contributed by atoms with Gasteiger partial charge in [-0.3, -0.25) is 0 Å². The summed E-state index contributed by atoms with van der Waals surface area (Å²) in [4.78, 5) is -0.607. The first-order valence-corrected chi connectivity index (χ1v) is 11.0. The summed E-state index contributed by atoms with van der Waals surface area (Å²) in [5, 5.41) is 4.55. The van der Waals surface area contributed by atoms with Crippen LogP contribution in [-0.4, -0.2) is 25.9 Å². The van der Waals surface area contributed by atoms with Gasteiger partial charge in [0.15, 0.2) is 0 Å². The monoisotopic (exact) mass is 456 g/mol. The molecular weight excluding hydrogens is 446 g/mol. The maximum Gasteiger partial charge on any atom is 1.00 e. The Bertz CT molecular complexity index is 1520. The summed E-state index contributed by atoms with van der Waals surface area (Å²) in [6.45, 7) is 0. The van der Waals surface area contributed by atoms with Crippen molar-refractivity contribution in [1.29, 1.82) is 0 Å². The van der Waals surface area contributed by atoms with E-state index < -0.39 is 20.2 Å². The Labute approximate surface area is 216 Å². The molecule has 0 atom stereocenters. The second-order valence-corrected chi connectivity index (χ2v) is 9.28. The first-order valence-electron chi connectivity index (χ1n) is 8.22. The van der Waals surface area contributed by atoms with Gasteiger partial charge in [-0.1, -0.05) is 48.5 Å². The first-order chi connectivity index (χ1) is 13.2. The zero-order valence-corrected chi connectivity index (χ0v) is 21.7. The van der Waals surface area contributed by atoms with E-state index in [1.54, 1.807) is 48.5 Å². The summed E-state index contributed by atoms with van der Waals surface area (Å²) in [6.07, 6.45) is 0. The van der Waals surface area contributed by atoms with Gasteiger partial charge < -0.3 is 9.11 Å². The van der Waals surface area contributed by atoms with Gasteiger partial charge in [0.05, 0.1) is 9.79 Å². The molecular formula is C20H10Na2O6S2. The third-order valence-electron chi connectivity index (χ3n) is 5.12. The Morgan fingerprint density at radius 1 is 0.467 bits per heavy atom. The van der Waals surface area contributed by atoms with Crippen LogP contribution in [0.25, 0.3) is 43.1 Å². The molecule has 5 rings (SSSR count). The fourth-order valence-corrected chi connectivity index (χ4v) is 5.44. The Morgan fingerprint density at radius 3 is 1.10 bits per heavy atom. The van der Waals surface area contributed by atoms with Crippen LogP contribution in [-0.2, 0) is 20.2 Å². The molecule has 0 fully saturated rings. The van der Waals surface area contributed by atoms with Crippen LogP contribution >= 0.6 is 0 Å². The normalized spacial score (nSPS) is 12.3. The van der Waals surface area contributed by atoms with Crippen LogP contribution in [0.2, 0.25) is 0 Å². The van der Waals surface area contributed by atoms with Gasteiger partial charge in [0.25, 0.3) is 0 Å². The molecule has 0 saturated heterocycles. The summed E-state index contributed by atoms with van der Waals surface area (Å²) in [7, 11) is -9.35. The van der Waals surface area contributed by atoms with Gasteiger partial charge in [0.1, 0.15) is 20.2 Å². The molecule has 5 aromatic carbocycles. The van der Waals surface area contributed by atoms with Crippen molar-refractivity contribution in [3.8, 4) is 0 Å². The zero-order valence-electron chi connectivity index (χ0n) is 16.0. The van der Waals surface area contributed by atoms with E-state index in [1.807, 2.05) is 0 Å². The molecule has 0 saturated carbocycles. The van der Waals surface area contributed by atoms with E-state index in [0.717, 1.165) is 0 Å². The van der Waals surface area contributed by atoms with Gasteiger partial charge in [-0.2, -0.15) is 0 Å². The molecule has 0 radical (unpaired) electrons. The minimum absolute atomic E-state index is 0. The molecule has 0 amide bonds. The van der Waals surface area contributed by atoms with Gasteiger partial charge >= 0.3 is 59.1 Å². The molecule has 30 heavy (non-hydrogen) atoms. The van der Waals surface area contributed by atoms with Crippen LogP contribution in [0, 0.1) is 0 Å². The second-order valence-electron chi connectivity index (χ2n) is 6.59. The van der Waals surface area contributed by atoms with Crippen molar-refractivity contribution in [3.05, 3.63) is 60.7 Å². The van der Waals surface area contributed by atoms with E-state index in [1.165, 1.54) is 12.1 Å². The minimum atomic E-state index is -4.67. The molecule has 0 heterocycles. The number of hydrogen-bond donors (Lipinski definition) is 0. The number of rotatable bonds is 2. The summed E-state index contributed by atoms with van der Waals surface area (Å²) >= 11 is 0. The van der Waals surface area contributed by atoms with Crippen molar-refractivity contribution in [1.82, 2.24) is 0 Å². The van der Waals surface area contributed by atoms with Gasteiger partial charge in [-0.15, -0.1) is 0 Å². The molecule has 0 spiro atoms. The summed E-state index contributed by atoms with van der Waals surface area (Å²) in [5.41, 5.74) is 0. The van der Waals surface area contributed by atoms with E-state index >= 15 is 0 Å². The van der Waals surface area contributed by atoms with Crippen molar-refractivity contribution >= 4 is 63.3 Å². The minimum Gasteiger partial charge on any atom is -0.744 e. The van der Waals surface area contributed by atoms with Crippen LogP contribution in [0.15, 0.2) is 70.5 Å². The summed E-state index contributed by atoms with van der Waals surface area (Å²) < 4.78 is 70.3. The molecule has 0 unspecified atom stereocenters. The average Bonchev–Trinajstić information content (AvgIpc) is 2.63. The van der Waals surface area contributed by atoms with Crippen molar-refractivity contribution < 1.29 is 85.1 Å². The molecule has 0 aliphatic carbocycles. The maximum atomic E-state index is 11.7. The van der Waals surface area contributed by atoms with E-state index in [4.69, 9.17) is 0 Å². The quantitative estimate of drug-likeness (QED) is 0.126. The smallest absolute Gasteiger partial charge is 0.744 e. The SMILES string of the molecule is O=S(=O)([O-])c1ccc2c3cccc4c(S(=O)(=O)[O-])ccc(c5cccc1c52)c43.[Na+].[Na+]. The van der Waals surface area contributed by atoms with Crippen LogP contribution in [0.1, 0.15) is 0 Å². The van der Waals surface area contributed by atoms with Crippen molar-refractivity contribution in [3.63, 3.8) is 0 Å². The molecule has 0 bridgehead atoms. The number of hydrogen-bond acceptors (Lipinski definition) is 6. The van der Waals surface area contributed by atoms with Gasteiger partial charge in [-0.25, -0.2) is 16.8 Å². The molecule has 0 aliphatic heterocycles. The van der Waals surface area contributed by atoms with Crippen molar-refractivity contribution in [2.75, 3.05) is 0 Å². The van der Waals surface area contributed by atoms with Gasteiger partial charge in [-0.05, 0) is 44.5 Å². The Kier molecular flexibility index (Phi) is 6.34. The molecule has 0 aliphatic rings. The number of fused-ring (bicyclic) bond motifs is 2. The molecule has 0 aromatic heterocycles. The van der Waals surface area contributed by atoms with E-state index in [9.17, 15) is 25.9 Å². The van der Waals surface area contributed by atoms with Crippen LogP contribution < -0.4 is 59.1 Å². The second kappa shape index (κ2) is 7.97. The fourth-order valence-electron chi connectivity index (χ4n) is 4.09. The van der Waals surface area contributed by atoms with Gasteiger partial charge in [0, 0.05) is 10.8 Å². The first kappa shape index (κ1) is 23.9. The summed E-state index contributed by atoms with van der Waals surface area (Å²) in [6, 6.07) is 15.6. The standard InChI is InChI=1S/C20H12O6S2.2Na/c21-27(22,23)17-9-8-14-12-4-2-6-16-18(28(24,25)26)10-7-13(20(12)16)11-3-1-5-15(17)19(11)14;;/h1-10H,(H,21,22,23)(H,24,25,26);;/q;2*+1/p-2. The van der Waals surface area contributed by atoms with E-state index in [-0.39, 0.29) is 68.9 Å². The Morgan fingerprint density at radius 2 is 0.767 bits per heavy atom. The molecule has 0 N–H and O–H groups in total. The van der Waals surface area contributed by atoms with Gasteiger partial charge in [0.2, 0.25) is 0 Å². The third-order valence-corrected chi connectivity index (χ3v) is 6.91. The third kappa shape index (κ3) is 3.49. The molecule has 140 valence electrons. The molecule has 10 heteroatoms.